The number of thiazole rings is 2. The van der Waals surface area contributed by atoms with Gasteiger partial charge in [-0.1, -0.05) is 97.1 Å². The molecule has 52 heavy (non-hydrogen) atoms. The molecule has 0 spiro atoms. The maximum Gasteiger partial charge on any atom is 0.144 e. The van der Waals surface area contributed by atoms with Gasteiger partial charge in [-0.3, -0.25) is 20.2 Å². The highest BCUT2D eigenvalue weighted by atomic mass is 32.1. The Hall–Kier alpha value is -6.10. The third-order valence-corrected chi connectivity index (χ3v) is 11.4. The van der Waals surface area contributed by atoms with E-state index in [2.05, 4.69) is 137 Å². The lowest BCUT2D eigenvalue weighted by Gasteiger charge is -2.34. The lowest BCUT2D eigenvalue weighted by Crippen LogP contribution is -2.30. The average Bonchev–Trinajstić information content (AvgIpc) is 4.07. The summed E-state index contributed by atoms with van der Waals surface area (Å²) in [5, 5.41) is 20.6. The van der Waals surface area contributed by atoms with Gasteiger partial charge in [0.2, 0.25) is 0 Å². The van der Waals surface area contributed by atoms with Gasteiger partial charge < -0.3 is 0 Å². The van der Waals surface area contributed by atoms with Crippen LogP contribution in [0, 0.1) is 0 Å². The Bertz CT molecular complexity index is 2200. The van der Waals surface area contributed by atoms with Gasteiger partial charge in [-0.2, -0.15) is 10.2 Å². The van der Waals surface area contributed by atoms with E-state index in [0.29, 0.717) is 0 Å². The van der Waals surface area contributed by atoms with Crippen molar-refractivity contribution in [2.75, 3.05) is 0 Å². The molecule has 10 heteroatoms. The van der Waals surface area contributed by atoms with E-state index in [9.17, 15) is 0 Å². The molecule has 6 aromatic heterocycles. The Morgan fingerprint density at radius 3 is 1.63 bits per heavy atom. The van der Waals surface area contributed by atoms with E-state index in [1.807, 2.05) is 59.4 Å². The molecular weight excluding hydrogens is 681 g/mol. The zero-order valence-corrected chi connectivity index (χ0v) is 29.6. The summed E-state index contributed by atoms with van der Waals surface area (Å²) in [5.74, 6) is 0. The second-order valence-electron chi connectivity index (χ2n) is 12.8. The zero-order valence-electron chi connectivity index (χ0n) is 27.9. The Balaban J connectivity index is 0.000000138. The van der Waals surface area contributed by atoms with Crippen molar-refractivity contribution in [3.63, 3.8) is 0 Å². The molecule has 0 bridgehead atoms. The minimum Gasteiger partial charge on any atom is -0.281 e. The number of rotatable bonds is 6. The summed E-state index contributed by atoms with van der Waals surface area (Å²) in [6.07, 6.45) is 19.9. The van der Waals surface area contributed by atoms with Crippen LogP contribution >= 0.6 is 22.7 Å². The van der Waals surface area contributed by atoms with Crippen molar-refractivity contribution < 1.29 is 0 Å². The van der Waals surface area contributed by atoms with Crippen LogP contribution in [0.15, 0.2) is 144 Å². The predicted molar refractivity (Wildman–Crippen MR) is 208 cm³/mol. The van der Waals surface area contributed by atoms with Crippen LogP contribution in [0.2, 0.25) is 0 Å². The number of hydrogen-bond donors (Lipinski definition) is 2. The fourth-order valence-electron chi connectivity index (χ4n) is 7.41. The van der Waals surface area contributed by atoms with Crippen molar-refractivity contribution in [2.24, 2.45) is 0 Å². The number of hydrogen-bond acceptors (Lipinski definition) is 8. The first-order valence-electron chi connectivity index (χ1n) is 17.0. The van der Waals surface area contributed by atoms with Crippen molar-refractivity contribution >= 4 is 34.8 Å². The Kier molecular flexibility index (Phi) is 8.30. The molecule has 252 valence electrons. The first kappa shape index (κ1) is 31.9. The molecular formula is C42H32N8S2. The van der Waals surface area contributed by atoms with E-state index in [-0.39, 0.29) is 10.8 Å². The van der Waals surface area contributed by atoms with Crippen molar-refractivity contribution in [3.8, 4) is 22.1 Å². The number of benzene rings is 2. The number of aromatic nitrogens is 8. The monoisotopic (exact) mass is 712 g/mol. The largest absolute Gasteiger partial charge is 0.281 e. The summed E-state index contributed by atoms with van der Waals surface area (Å²) in [5.41, 5.74) is 13.5. The molecule has 2 N–H and O–H groups in total. The molecule has 8 nitrogen and oxygen atoms in total. The summed E-state index contributed by atoms with van der Waals surface area (Å²) in [4.78, 5) is 17.6. The van der Waals surface area contributed by atoms with Gasteiger partial charge in [0, 0.05) is 87.9 Å². The topological polar surface area (TPSA) is 109 Å². The molecule has 0 aliphatic heterocycles. The quantitative estimate of drug-likeness (QED) is 0.178. The van der Waals surface area contributed by atoms with Crippen molar-refractivity contribution in [3.05, 3.63) is 189 Å². The van der Waals surface area contributed by atoms with Gasteiger partial charge in [-0.25, -0.2) is 9.97 Å². The molecule has 10 rings (SSSR count). The van der Waals surface area contributed by atoms with Gasteiger partial charge >= 0.3 is 0 Å². The van der Waals surface area contributed by atoms with E-state index >= 15 is 0 Å². The molecule has 8 aromatic rings. The predicted octanol–water partition coefficient (Wildman–Crippen LogP) is 8.97. The number of fused-ring (bicyclic) bond motifs is 2. The third-order valence-electron chi connectivity index (χ3n) is 9.99. The van der Waals surface area contributed by atoms with E-state index in [1.54, 1.807) is 22.7 Å². The number of pyridine rings is 2. The number of nitrogens with zero attached hydrogens (tertiary/aromatic N) is 6. The number of allylic oxidation sites excluding steroid dienone is 2. The zero-order chi connectivity index (χ0) is 34.8. The van der Waals surface area contributed by atoms with Gasteiger partial charge in [-0.15, -0.1) is 22.7 Å². The standard InChI is InChI=1S/2C21H16N4S/c1-2-5-15(6-3-1)21(16-7-4-10-22-12-16)9-8-17-18(11-21)24-25-20(17)19-13-26-14-23-19;1-2-5-15(6-3-1)21(16-7-4-10-22-14-16)9-8-17-18(13-21)24-25-19(17)20-23-11-12-26-20/h1-10,12-14H,11H2,(H,24,25);1-12,14H,13H2,(H,24,25). The van der Waals surface area contributed by atoms with Crippen LogP contribution < -0.4 is 0 Å². The fraction of sp³-hybridized carbons (Fsp3) is 0.0952. The minimum absolute atomic E-state index is 0.255. The first-order valence-corrected chi connectivity index (χ1v) is 18.8. The van der Waals surface area contributed by atoms with Crippen LogP contribution in [-0.2, 0) is 23.7 Å². The lowest BCUT2D eigenvalue weighted by atomic mass is 9.69. The van der Waals surface area contributed by atoms with Gasteiger partial charge in [0.25, 0.3) is 0 Å². The highest BCUT2D eigenvalue weighted by Gasteiger charge is 2.38. The average molecular weight is 713 g/mol. The van der Waals surface area contributed by atoms with Crippen molar-refractivity contribution in [1.29, 1.82) is 0 Å². The molecule has 2 aromatic carbocycles. The minimum atomic E-state index is -0.256. The highest BCUT2D eigenvalue weighted by Crippen LogP contribution is 2.44. The van der Waals surface area contributed by atoms with Crippen LogP contribution in [0.25, 0.3) is 34.2 Å². The summed E-state index contributed by atoms with van der Waals surface area (Å²) in [7, 11) is 0. The van der Waals surface area contributed by atoms with Gasteiger partial charge in [0.15, 0.2) is 0 Å². The summed E-state index contributed by atoms with van der Waals surface area (Å²) < 4.78 is 0. The molecule has 0 fully saturated rings. The van der Waals surface area contributed by atoms with E-state index in [4.69, 9.17) is 0 Å². The molecule has 2 atom stereocenters. The molecule has 2 unspecified atom stereocenters. The Labute approximate surface area is 308 Å². The van der Waals surface area contributed by atoms with Crippen molar-refractivity contribution in [1.82, 2.24) is 40.3 Å². The summed E-state index contributed by atoms with van der Waals surface area (Å²) >= 11 is 3.19. The molecule has 6 heterocycles. The SMILES string of the molecule is C1=CC(c2ccccc2)(c2cccnc2)Cc2[nH]nc(-c3cscn3)c21.C1=CC(c2ccccc2)(c2cccnc2)Cc2[nH]nc(-c3nccs3)c21. The maximum atomic E-state index is 4.55. The number of aromatic amines is 2. The normalized spacial score (nSPS) is 18.6. The van der Waals surface area contributed by atoms with E-state index < -0.39 is 0 Å². The lowest BCUT2D eigenvalue weighted by molar-refractivity contribution is 0.618. The molecule has 2 aliphatic carbocycles. The van der Waals surface area contributed by atoms with E-state index in [1.165, 1.54) is 22.3 Å². The fourth-order valence-corrected chi connectivity index (χ4v) is 8.58. The van der Waals surface area contributed by atoms with Crippen LogP contribution in [-0.4, -0.2) is 40.3 Å². The molecule has 0 amide bonds. The highest BCUT2D eigenvalue weighted by molar-refractivity contribution is 7.13. The number of H-pyrrole nitrogens is 2. The first-order chi connectivity index (χ1) is 25.7. The summed E-state index contributed by atoms with van der Waals surface area (Å²) in [6.45, 7) is 0. The molecule has 2 aliphatic rings. The molecule has 0 saturated heterocycles. The molecule has 0 radical (unpaired) electrons. The van der Waals surface area contributed by atoms with E-state index in [0.717, 1.165) is 57.4 Å². The summed E-state index contributed by atoms with van der Waals surface area (Å²) in [6, 6.07) is 29.5. The van der Waals surface area contributed by atoms with Gasteiger partial charge in [0.1, 0.15) is 22.1 Å². The second kappa shape index (κ2) is 13.6. The third kappa shape index (κ3) is 5.62. The van der Waals surface area contributed by atoms with Gasteiger partial charge in [0.05, 0.1) is 5.51 Å². The van der Waals surface area contributed by atoms with Crippen molar-refractivity contribution in [2.45, 2.75) is 23.7 Å². The van der Waals surface area contributed by atoms with Gasteiger partial charge in [-0.05, 0) is 34.4 Å². The van der Waals surface area contributed by atoms with Crippen LogP contribution in [0.3, 0.4) is 0 Å². The maximum absolute atomic E-state index is 4.55. The number of nitrogens with one attached hydrogen (secondary N) is 2. The van der Waals surface area contributed by atoms with Crippen LogP contribution in [0.4, 0.5) is 0 Å². The second-order valence-corrected chi connectivity index (χ2v) is 14.4. The smallest absolute Gasteiger partial charge is 0.144 e. The molecule has 0 saturated carbocycles. The van der Waals surface area contributed by atoms with Crippen LogP contribution in [0.1, 0.15) is 44.8 Å². The Morgan fingerprint density at radius 2 is 1.13 bits per heavy atom. The Morgan fingerprint density at radius 1 is 0.577 bits per heavy atom. The van der Waals surface area contributed by atoms with Crippen LogP contribution in [0.5, 0.6) is 0 Å².